The Balaban J connectivity index is 3.42. The van der Waals surface area contributed by atoms with Crippen LogP contribution in [0.1, 0.15) is 26.7 Å². The Hall–Kier alpha value is -0.810. The minimum Gasteiger partial charge on any atom is -0.304 e. The Morgan fingerprint density at radius 2 is 2.00 bits per heavy atom. The predicted octanol–water partition coefficient (Wildman–Crippen LogP) is 2.19. The lowest BCUT2D eigenvalue weighted by Crippen LogP contribution is -2.23. The summed E-state index contributed by atoms with van der Waals surface area (Å²) in [6, 6.07) is 2.06. The molecule has 0 aliphatic rings. The standard InChI is InChI=1S/C10H18N2/c1-4-12(5-2)8-6-7-10(3)9-11/h3-8H2,1-2H3. The molecule has 0 aliphatic carbocycles. The molecule has 12 heavy (non-hydrogen) atoms. The molecule has 0 saturated heterocycles. The summed E-state index contributed by atoms with van der Waals surface area (Å²) in [5.74, 6) is 0. The fraction of sp³-hybridized carbons (Fsp3) is 0.700. The van der Waals surface area contributed by atoms with E-state index >= 15 is 0 Å². The van der Waals surface area contributed by atoms with Crippen LogP contribution in [0.5, 0.6) is 0 Å². The van der Waals surface area contributed by atoms with E-state index in [0.717, 1.165) is 32.5 Å². The van der Waals surface area contributed by atoms with Gasteiger partial charge in [0.05, 0.1) is 6.07 Å². The molecule has 0 rings (SSSR count). The summed E-state index contributed by atoms with van der Waals surface area (Å²) >= 11 is 0. The maximum Gasteiger partial charge on any atom is 0.0940 e. The summed E-state index contributed by atoms with van der Waals surface area (Å²) in [5.41, 5.74) is 0.696. The van der Waals surface area contributed by atoms with E-state index in [0.29, 0.717) is 5.57 Å². The van der Waals surface area contributed by atoms with Crippen molar-refractivity contribution in [2.24, 2.45) is 0 Å². The number of nitriles is 1. The molecule has 2 heteroatoms. The number of allylic oxidation sites excluding steroid dienone is 1. The molecule has 0 spiro atoms. The van der Waals surface area contributed by atoms with E-state index in [1.807, 2.05) is 0 Å². The first kappa shape index (κ1) is 11.2. The van der Waals surface area contributed by atoms with Crippen molar-refractivity contribution in [1.29, 1.82) is 5.26 Å². The zero-order chi connectivity index (χ0) is 9.40. The molecule has 0 bridgehead atoms. The Morgan fingerprint density at radius 1 is 1.42 bits per heavy atom. The molecule has 0 N–H and O–H groups in total. The van der Waals surface area contributed by atoms with Crippen molar-refractivity contribution in [3.05, 3.63) is 12.2 Å². The van der Waals surface area contributed by atoms with Crippen molar-refractivity contribution in [2.75, 3.05) is 19.6 Å². The van der Waals surface area contributed by atoms with E-state index in [1.165, 1.54) is 0 Å². The molecule has 0 saturated carbocycles. The third-order valence-corrected chi connectivity index (χ3v) is 2.01. The molecule has 0 amide bonds. The zero-order valence-corrected chi connectivity index (χ0v) is 8.14. The van der Waals surface area contributed by atoms with Crippen molar-refractivity contribution in [3.63, 3.8) is 0 Å². The zero-order valence-electron chi connectivity index (χ0n) is 8.14. The fourth-order valence-electron chi connectivity index (χ4n) is 1.11. The lowest BCUT2D eigenvalue weighted by atomic mass is 10.2. The van der Waals surface area contributed by atoms with E-state index in [2.05, 4.69) is 31.4 Å². The summed E-state index contributed by atoms with van der Waals surface area (Å²) in [4.78, 5) is 2.35. The van der Waals surface area contributed by atoms with Crippen molar-refractivity contribution in [1.82, 2.24) is 4.90 Å². The summed E-state index contributed by atoms with van der Waals surface area (Å²) in [7, 11) is 0. The maximum absolute atomic E-state index is 8.45. The molecule has 0 unspecified atom stereocenters. The molecule has 0 aromatic heterocycles. The minimum absolute atomic E-state index is 0.696. The van der Waals surface area contributed by atoms with Crippen LogP contribution >= 0.6 is 0 Å². The van der Waals surface area contributed by atoms with Gasteiger partial charge >= 0.3 is 0 Å². The van der Waals surface area contributed by atoms with Crippen molar-refractivity contribution in [3.8, 4) is 6.07 Å². The van der Waals surface area contributed by atoms with Crippen molar-refractivity contribution < 1.29 is 0 Å². The molecule has 0 aromatic carbocycles. The SMILES string of the molecule is C=C(C#N)CCCN(CC)CC. The van der Waals surface area contributed by atoms with Gasteiger partial charge in [0.1, 0.15) is 0 Å². The van der Waals surface area contributed by atoms with Gasteiger partial charge in [-0.3, -0.25) is 0 Å². The van der Waals surface area contributed by atoms with E-state index in [4.69, 9.17) is 5.26 Å². The van der Waals surface area contributed by atoms with E-state index in [9.17, 15) is 0 Å². The van der Waals surface area contributed by atoms with Crippen LogP contribution < -0.4 is 0 Å². The van der Waals surface area contributed by atoms with Gasteiger partial charge in [-0.15, -0.1) is 0 Å². The minimum atomic E-state index is 0.696. The van der Waals surface area contributed by atoms with Crippen LogP contribution in [0.15, 0.2) is 12.2 Å². The second-order valence-electron chi connectivity index (χ2n) is 2.85. The molecule has 68 valence electrons. The van der Waals surface area contributed by atoms with E-state index < -0.39 is 0 Å². The van der Waals surface area contributed by atoms with Crippen molar-refractivity contribution >= 4 is 0 Å². The number of nitrogens with zero attached hydrogens (tertiary/aromatic N) is 2. The monoisotopic (exact) mass is 166 g/mol. The molecule has 0 aliphatic heterocycles. The van der Waals surface area contributed by atoms with Crippen LogP contribution in [-0.4, -0.2) is 24.5 Å². The molecule has 0 fully saturated rings. The van der Waals surface area contributed by atoms with Gasteiger partial charge in [-0.2, -0.15) is 5.26 Å². The highest BCUT2D eigenvalue weighted by molar-refractivity contribution is 5.15. The Morgan fingerprint density at radius 3 is 2.42 bits per heavy atom. The van der Waals surface area contributed by atoms with Gasteiger partial charge in [0, 0.05) is 5.57 Å². The third-order valence-electron chi connectivity index (χ3n) is 2.01. The Bertz CT molecular complexity index is 163. The first-order valence-electron chi connectivity index (χ1n) is 4.54. The third kappa shape index (κ3) is 4.92. The molecule has 0 radical (unpaired) electrons. The van der Waals surface area contributed by atoms with Crippen LogP contribution in [0.25, 0.3) is 0 Å². The predicted molar refractivity (Wildman–Crippen MR) is 51.8 cm³/mol. The summed E-state index contributed by atoms with van der Waals surface area (Å²) in [6.07, 6.45) is 1.89. The smallest absolute Gasteiger partial charge is 0.0940 e. The second kappa shape index (κ2) is 6.87. The molecular weight excluding hydrogens is 148 g/mol. The van der Waals surface area contributed by atoms with Gasteiger partial charge in [-0.25, -0.2) is 0 Å². The van der Waals surface area contributed by atoms with Gasteiger partial charge in [-0.05, 0) is 32.5 Å². The highest BCUT2D eigenvalue weighted by atomic mass is 15.1. The second-order valence-corrected chi connectivity index (χ2v) is 2.85. The number of rotatable bonds is 6. The molecule has 0 heterocycles. The van der Waals surface area contributed by atoms with Gasteiger partial charge in [0.2, 0.25) is 0 Å². The van der Waals surface area contributed by atoms with Crippen LogP contribution in [0.2, 0.25) is 0 Å². The lowest BCUT2D eigenvalue weighted by molar-refractivity contribution is 0.300. The fourth-order valence-corrected chi connectivity index (χ4v) is 1.11. The summed E-state index contributed by atoms with van der Waals surface area (Å²) in [5, 5.41) is 8.45. The summed E-state index contributed by atoms with van der Waals surface area (Å²) < 4.78 is 0. The average Bonchev–Trinajstić information content (AvgIpc) is 2.12. The number of hydrogen-bond acceptors (Lipinski definition) is 2. The van der Waals surface area contributed by atoms with Crippen LogP contribution in [0.4, 0.5) is 0 Å². The lowest BCUT2D eigenvalue weighted by Gasteiger charge is -2.17. The normalized spacial score (nSPS) is 9.83. The Kier molecular flexibility index (Phi) is 6.41. The molecule has 0 aromatic rings. The topological polar surface area (TPSA) is 27.0 Å². The van der Waals surface area contributed by atoms with Gasteiger partial charge in [0.25, 0.3) is 0 Å². The van der Waals surface area contributed by atoms with E-state index in [1.54, 1.807) is 0 Å². The Labute approximate surface area is 75.5 Å². The molecule has 2 nitrogen and oxygen atoms in total. The average molecular weight is 166 g/mol. The number of hydrogen-bond donors (Lipinski definition) is 0. The van der Waals surface area contributed by atoms with Crippen LogP contribution in [0, 0.1) is 11.3 Å². The quantitative estimate of drug-likeness (QED) is 0.565. The first-order valence-corrected chi connectivity index (χ1v) is 4.54. The van der Waals surface area contributed by atoms with Crippen LogP contribution in [-0.2, 0) is 0 Å². The highest BCUT2D eigenvalue weighted by Gasteiger charge is 1.98. The first-order chi connectivity index (χ1) is 5.74. The van der Waals surface area contributed by atoms with Crippen LogP contribution in [0.3, 0.4) is 0 Å². The molecular formula is C10H18N2. The maximum atomic E-state index is 8.45. The summed E-state index contributed by atoms with van der Waals surface area (Å²) in [6.45, 7) is 11.2. The van der Waals surface area contributed by atoms with Gasteiger partial charge < -0.3 is 4.90 Å². The van der Waals surface area contributed by atoms with Gasteiger partial charge in [0.15, 0.2) is 0 Å². The highest BCUT2D eigenvalue weighted by Crippen LogP contribution is 2.01. The largest absolute Gasteiger partial charge is 0.304 e. The molecule has 0 atom stereocenters. The van der Waals surface area contributed by atoms with Gasteiger partial charge in [-0.1, -0.05) is 20.4 Å². The van der Waals surface area contributed by atoms with Crippen molar-refractivity contribution in [2.45, 2.75) is 26.7 Å². The van der Waals surface area contributed by atoms with E-state index in [-0.39, 0.29) is 0 Å².